The summed E-state index contributed by atoms with van der Waals surface area (Å²) in [5, 5.41) is 0. The highest BCUT2D eigenvalue weighted by Gasteiger charge is 2.40. The zero-order valence-electron chi connectivity index (χ0n) is 17.5. The van der Waals surface area contributed by atoms with Crippen molar-refractivity contribution in [2.45, 2.75) is 24.1 Å². The lowest BCUT2D eigenvalue weighted by molar-refractivity contribution is -0.139. The fraction of sp³-hybridized carbons (Fsp3) is 0.381. The number of morpholine rings is 1. The Kier molecular flexibility index (Phi) is 6.99. The Bertz CT molecular complexity index is 1060. The summed E-state index contributed by atoms with van der Waals surface area (Å²) in [5.41, 5.74) is -1.26. The van der Waals surface area contributed by atoms with Crippen LogP contribution in [0.1, 0.15) is 12.5 Å². The van der Waals surface area contributed by atoms with Gasteiger partial charge in [0.15, 0.2) is 0 Å². The van der Waals surface area contributed by atoms with Gasteiger partial charge in [-0.3, -0.25) is 9.10 Å². The van der Waals surface area contributed by atoms with Crippen molar-refractivity contribution in [3.63, 3.8) is 0 Å². The first kappa shape index (κ1) is 23.9. The monoisotopic (exact) mass is 472 g/mol. The van der Waals surface area contributed by atoms with Crippen LogP contribution in [0.2, 0.25) is 0 Å². The number of nitrogens with zero attached hydrogens (tertiary/aromatic N) is 2. The molecular formula is C21H23F3N2O5S. The fourth-order valence-electron chi connectivity index (χ4n) is 3.38. The Hall–Kier alpha value is -2.79. The van der Waals surface area contributed by atoms with Crippen molar-refractivity contribution < 1.29 is 35.9 Å². The van der Waals surface area contributed by atoms with Gasteiger partial charge in [0.25, 0.3) is 10.0 Å². The van der Waals surface area contributed by atoms with Gasteiger partial charge < -0.3 is 14.4 Å². The minimum absolute atomic E-state index is 0.0393. The van der Waals surface area contributed by atoms with Crippen molar-refractivity contribution in [2.24, 2.45) is 0 Å². The third kappa shape index (κ3) is 5.16. The van der Waals surface area contributed by atoms with Crippen LogP contribution in [0, 0.1) is 0 Å². The molecular weight excluding hydrogens is 449 g/mol. The van der Waals surface area contributed by atoms with Crippen LogP contribution in [0.5, 0.6) is 5.75 Å². The molecule has 0 saturated carbocycles. The zero-order chi connectivity index (χ0) is 23.5. The van der Waals surface area contributed by atoms with E-state index in [0.29, 0.717) is 22.7 Å². The van der Waals surface area contributed by atoms with Crippen molar-refractivity contribution in [3.05, 3.63) is 54.1 Å². The Labute approximate surface area is 184 Å². The Morgan fingerprint density at radius 1 is 1.19 bits per heavy atom. The molecule has 1 atom stereocenters. The van der Waals surface area contributed by atoms with E-state index in [9.17, 15) is 26.4 Å². The van der Waals surface area contributed by atoms with Crippen molar-refractivity contribution in [1.29, 1.82) is 0 Å². The molecule has 2 aromatic rings. The number of rotatable bonds is 6. The van der Waals surface area contributed by atoms with Gasteiger partial charge in [0, 0.05) is 13.1 Å². The summed E-state index contributed by atoms with van der Waals surface area (Å²) in [6.45, 7) is 1.93. The number of methoxy groups -OCH3 is 1. The second-order valence-corrected chi connectivity index (χ2v) is 9.06. The molecule has 3 rings (SSSR count). The van der Waals surface area contributed by atoms with Gasteiger partial charge in [-0.25, -0.2) is 8.42 Å². The number of carbonyl (C=O) groups is 1. The van der Waals surface area contributed by atoms with E-state index in [0.717, 1.165) is 12.1 Å². The lowest BCUT2D eigenvalue weighted by Crippen LogP contribution is -2.49. The van der Waals surface area contributed by atoms with Crippen LogP contribution in [0.4, 0.5) is 18.9 Å². The van der Waals surface area contributed by atoms with Gasteiger partial charge in [-0.05, 0) is 43.3 Å². The molecule has 0 N–H and O–H groups in total. The summed E-state index contributed by atoms with van der Waals surface area (Å²) >= 11 is 0. The van der Waals surface area contributed by atoms with Crippen LogP contribution in [-0.4, -0.2) is 58.7 Å². The fourth-order valence-corrected chi connectivity index (χ4v) is 5.01. The van der Waals surface area contributed by atoms with E-state index >= 15 is 0 Å². The summed E-state index contributed by atoms with van der Waals surface area (Å²) in [6, 6.07) is 9.59. The number of ether oxygens (including phenoxy) is 2. The number of hydrogen-bond acceptors (Lipinski definition) is 5. The van der Waals surface area contributed by atoms with Crippen LogP contribution in [0.3, 0.4) is 0 Å². The van der Waals surface area contributed by atoms with E-state index in [1.54, 1.807) is 6.92 Å². The molecule has 0 unspecified atom stereocenters. The Balaban J connectivity index is 2.05. The van der Waals surface area contributed by atoms with Gasteiger partial charge >= 0.3 is 6.18 Å². The second-order valence-electron chi connectivity index (χ2n) is 7.22. The number of carbonyl (C=O) groups excluding carboxylic acids is 1. The maximum absolute atomic E-state index is 13.6. The van der Waals surface area contributed by atoms with E-state index in [-0.39, 0.29) is 24.9 Å². The molecule has 1 heterocycles. The van der Waals surface area contributed by atoms with E-state index in [1.165, 1.54) is 42.3 Å². The molecule has 11 heteroatoms. The zero-order valence-corrected chi connectivity index (χ0v) is 18.3. The average molecular weight is 472 g/mol. The molecule has 1 saturated heterocycles. The molecule has 1 aliphatic rings. The molecule has 7 nitrogen and oxygen atoms in total. The molecule has 1 fully saturated rings. The predicted octanol–water partition coefficient (Wildman–Crippen LogP) is 3.16. The molecule has 32 heavy (non-hydrogen) atoms. The molecule has 0 radical (unpaired) electrons. The SMILES string of the molecule is COc1ccc(N(CC(=O)N2CCO[C@@H](C)C2)S(=O)(=O)c2ccccc2C(F)(F)F)cc1. The Morgan fingerprint density at radius 2 is 1.84 bits per heavy atom. The highest BCUT2D eigenvalue weighted by atomic mass is 32.2. The minimum atomic E-state index is -4.89. The van der Waals surface area contributed by atoms with Crippen LogP contribution in [0.15, 0.2) is 53.4 Å². The number of anilines is 1. The average Bonchev–Trinajstić information content (AvgIpc) is 2.76. The smallest absolute Gasteiger partial charge is 0.417 e. The molecule has 0 aliphatic carbocycles. The molecule has 0 spiro atoms. The third-order valence-electron chi connectivity index (χ3n) is 4.99. The first-order valence-corrected chi connectivity index (χ1v) is 11.2. The highest BCUT2D eigenvalue weighted by Crippen LogP contribution is 2.36. The van der Waals surface area contributed by atoms with Gasteiger partial charge in [-0.15, -0.1) is 0 Å². The number of benzene rings is 2. The number of sulfonamides is 1. The van der Waals surface area contributed by atoms with Crippen molar-refractivity contribution >= 4 is 21.6 Å². The van der Waals surface area contributed by atoms with Crippen molar-refractivity contribution in [3.8, 4) is 5.75 Å². The second kappa shape index (κ2) is 9.37. The van der Waals surface area contributed by atoms with Crippen LogP contribution in [0.25, 0.3) is 0 Å². The van der Waals surface area contributed by atoms with E-state index in [1.807, 2.05) is 0 Å². The van der Waals surface area contributed by atoms with Crippen LogP contribution < -0.4 is 9.04 Å². The lowest BCUT2D eigenvalue weighted by Gasteiger charge is -2.33. The van der Waals surface area contributed by atoms with Gasteiger partial charge in [0.2, 0.25) is 5.91 Å². The highest BCUT2D eigenvalue weighted by molar-refractivity contribution is 7.93. The third-order valence-corrected chi connectivity index (χ3v) is 6.83. The van der Waals surface area contributed by atoms with Gasteiger partial charge in [-0.1, -0.05) is 12.1 Å². The summed E-state index contributed by atoms with van der Waals surface area (Å²) in [7, 11) is -3.32. The predicted molar refractivity (Wildman–Crippen MR) is 111 cm³/mol. The normalized spacial score (nSPS) is 17.2. The van der Waals surface area contributed by atoms with Crippen LogP contribution in [-0.2, 0) is 25.7 Å². The molecule has 174 valence electrons. The van der Waals surface area contributed by atoms with Gasteiger partial charge in [0.1, 0.15) is 12.3 Å². The standard InChI is InChI=1S/C21H23F3N2O5S/c1-15-13-25(11-12-31-15)20(27)14-26(16-7-9-17(30-2)10-8-16)32(28,29)19-6-4-3-5-18(19)21(22,23)24/h3-10,15H,11-14H2,1-2H3/t15-/m0/s1. The van der Waals surface area contributed by atoms with E-state index in [2.05, 4.69) is 0 Å². The molecule has 0 bridgehead atoms. The van der Waals surface area contributed by atoms with Crippen molar-refractivity contribution in [2.75, 3.05) is 37.7 Å². The molecule has 0 aromatic heterocycles. The first-order chi connectivity index (χ1) is 15.0. The number of alkyl halides is 3. The number of hydrogen-bond donors (Lipinski definition) is 0. The van der Waals surface area contributed by atoms with E-state index in [4.69, 9.17) is 9.47 Å². The van der Waals surface area contributed by atoms with Crippen molar-refractivity contribution in [1.82, 2.24) is 4.90 Å². The first-order valence-electron chi connectivity index (χ1n) is 9.76. The summed E-state index contributed by atoms with van der Waals surface area (Å²) < 4.78 is 78.7. The maximum Gasteiger partial charge on any atom is 0.417 e. The summed E-state index contributed by atoms with van der Waals surface area (Å²) in [6.07, 6.45) is -5.12. The topological polar surface area (TPSA) is 76.2 Å². The number of halogens is 3. The summed E-state index contributed by atoms with van der Waals surface area (Å²) in [4.78, 5) is 13.4. The van der Waals surface area contributed by atoms with Gasteiger partial charge in [0.05, 0.1) is 36.0 Å². The molecule has 1 amide bonds. The molecule has 2 aromatic carbocycles. The quantitative estimate of drug-likeness (QED) is 0.646. The summed E-state index contributed by atoms with van der Waals surface area (Å²) in [5.74, 6) is -0.112. The minimum Gasteiger partial charge on any atom is -0.497 e. The Morgan fingerprint density at radius 3 is 2.44 bits per heavy atom. The maximum atomic E-state index is 13.6. The number of amides is 1. The lowest BCUT2D eigenvalue weighted by atomic mass is 10.2. The largest absolute Gasteiger partial charge is 0.497 e. The molecule has 1 aliphatic heterocycles. The van der Waals surface area contributed by atoms with E-state index < -0.39 is 39.1 Å². The van der Waals surface area contributed by atoms with Crippen LogP contribution >= 0.6 is 0 Å². The van der Waals surface area contributed by atoms with Gasteiger partial charge in [-0.2, -0.15) is 13.2 Å².